The van der Waals surface area contributed by atoms with Crippen molar-refractivity contribution in [3.8, 4) is 0 Å². The Bertz CT molecular complexity index is 891. The van der Waals surface area contributed by atoms with Gasteiger partial charge in [-0.1, -0.05) is 23.7 Å². The van der Waals surface area contributed by atoms with Gasteiger partial charge in [-0.05, 0) is 18.2 Å². The normalized spacial score (nSPS) is 11.7. The number of fused-ring (bicyclic) bond motifs is 1. The number of carbonyl (C=O) groups excluding carboxylic acids is 1. The van der Waals surface area contributed by atoms with E-state index in [1.54, 1.807) is 6.07 Å². The number of alkyl halides is 3. The Hall–Kier alpha value is -2.61. The van der Waals surface area contributed by atoms with E-state index in [9.17, 15) is 18.0 Å². The fourth-order valence-electron chi connectivity index (χ4n) is 2.02. The van der Waals surface area contributed by atoms with E-state index in [0.29, 0.717) is 0 Å². The maximum Gasteiger partial charge on any atom is 0.418 e. The van der Waals surface area contributed by atoms with Crippen LogP contribution in [0, 0.1) is 0 Å². The smallest absolute Gasteiger partial charge is 0.320 e. The summed E-state index contributed by atoms with van der Waals surface area (Å²) in [5, 5.41) is 6.08. The molecule has 1 aromatic carbocycles. The fraction of sp³-hybridized carbons (Fsp3) is 0.0714. The standard InChI is InChI=1S/C14H8ClF3N4O/c15-10-11(21-22-7-3-6-19-12(10)22)13(23)20-9-5-2-1-4-8(9)14(16,17)18/h1-7H,(H,20,23). The molecule has 2 heterocycles. The van der Waals surface area contributed by atoms with Crippen LogP contribution in [-0.2, 0) is 6.18 Å². The van der Waals surface area contributed by atoms with E-state index in [4.69, 9.17) is 11.6 Å². The van der Waals surface area contributed by atoms with Crippen LogP contribution in [0.2, 0.25) is 5.02 Å². The van der Waals surface area contributed by atoms with Gasteiger partial charge in [-0.25, -0.2) is 9.50 Å². The minimum atomic E-state index is -4.59. The van der Waals surface area contributed by atoms with Gasteiger partial charge in [-0.3, -0.25) is 4.79 Å². The number of hydrogen-bond acceptors (Lipinski definition) is 3. The van der Waals surface area contributed by atoms with E-state index in [-0.39, 0.29) is 22.1 Å². The van der Waals surface area contributed by atoms with Gasteiger partial charge in [0.25, 0.3) is 5.91 Å². The van der Waals surface area contributed by atoms with E-state index in [1.807, 2.05) is 0 Å². The summed E-state index contributed by atoms with van der Waals surface area (Å²) in [6.07, 6.45) is -1.60. The maximum atomic E-state index is 12.9. The lowest BCUT2D eigenvalue weighted by molar-refractivity contribution is -0.136. The lowest BCUT2D eigenvalue weighted by Crippen LogP contribution is -2.17. The van der Waals surface area contributed by atoms with E-state index >= 15 is 0 Å². The summed E-state index contributed by atoms with van der Waals surface area (Å²) < 4.78 is 40.1. The second-order valence-electron chi connectivity index (χ2n) is 4.55. The molecule has 118 valence electrons. The van der Waals surface area contributed by atoms with Crippen molar-refractivity contribution in [3.05, 3.63) is 59.0 Å². The van der Waals surface area contributed by atoms with Crippen LogP contribution in [0.3, 0.4) is 0 Å². The van der Waals surface area contributed by atoms with Crippen molar-refractivity contribution < 1.29 is 18.0 Å². The molecule has 0 aliphatic heterocycles. The Morgan fingerprint density at radius 1 is 1.22 bits per heavy atom. The molecule has 3 rings (SSSR count). The van der Waals surface area contributed by atoms with Gasteiger partial charge in [0, 0.05) is 12.4 Å². The Kier molecular flexibility index (Phi) is 3.69. The number of anilines is 1. The second kappa shape index (κ2) is 5.54. The van der Waals surface area contributed by atoms with Gasteiger partial charge in [0.05, 0.1) is 11.3 Å². The van der Waals surface area contributed by atoms with Crippen molar-refractivity contribution in [3.63, 3.8) is 0 Å². The van der Waals surface area contributed by atoms with Crippen LogP contribution in [0.1, 0.15) is 16.1 Å². The highest BCUT2D eigenvalue weighted by molar-refractivity contribution is 6.37. The molecule has 5 nitrogen and oxygen atoms in total. The molecule has 1 amide bonds. The second-order valence-corrected chi connectivity index (χ2v) is 4.93. The minimum Gasteiger partial charge on any atom is -0.320 e. The van der Waals surface area contributed by atoms with Gasteiger partial charge in [0.15, 0.2) is 11.3 Å². The monoisotopic (exact) mass is 340 g/mol. The number of halogens is 4. The lowest BCUT2D eigenvalue weighted by atomic mass is 10.1. The fourth-order valence-corrected chi connectivity index (χ4v) is 2.28. The van der Waals surface area contributed by atoms with Crippen molar-refractivity contribution in [2.45, 2.75) is 6.18 Å². The predicted octanol–water partition coefficient (Wildman–Crippen LogP) is 3.65. The van der Waals surface area contributed by atoms with Gasteiger partial charge in [-0.15, -0.1) is 0 Å². The zero-order chi connectivity index (χ0) is 16.6. The summed E-state index contributed by atoms with van der Waals surface area (Å²) in [6, 6.07) is 6.24. The molecule has 0 saturated carbocycles. The average Bonchev–Trinajstić information content (AvgIpc) is 2.84. The SMILES string of the molecule is O=C(Nc1ccccc1C(F)(F)F)c1nn2cccnc2c1Cl. The summed E-state index contributed by atoms with van der Waals surface area (Å²) in [5.74, 6) is -0.850. The van der Waals surface area contributed by atoms with Gasteiger partial charge in [0.1, 0.15) is 5.02 Å². The largest absolute Gasteiger partial charge is 0.418 e. The first-order chi connectivity index (χ1) is 10.9. The van der Waals surface area contributed by atoms with Crippen LogP contribution in [0.25, 0.3) is 5.65 Å². The first kappa shape index (κ1) is 15.3. The molecule has 3 aromatic rings. The lowest BCUT2D eigenvalue weighted by Gasteiger charge is -2.12. The van der Waals surface area contributed by atoms with Crippen LogP contribution < -0.4 is 5.32 Å². The first-order valence-electron chi connectivity index (χ1n) is 6.34. The molecule has 0 bridgehead atoms. The zero-order valence-electron chi connectivity index (χ0n) is 11.3. The molecular weight excluding hydrogens is 333 g/mol. The van der Waals surface area contributed by atoms with E-state index in [0.717, 1.165) is 12.1 Å². The summed E-state index contributed by atoms with van der Waals surface area (Å²) >= 11 is 6.02. The Morgan fingerprint density at radius 3 is 2.65 bits per heavy atom. The Labute approximate surface area is 132 Å². The quantitative estimate of drug-likeness (QED) is 0.774. The Morgan fingerprint density at radius 2 is 1.96 bits per heavy atom. The third-order valence-corrected chi connectivity index (χ3v) is 3.38. The topological polar surface area (TPSA) is 59.3 Å². The van der Waals surface area contributed by atoms with Gasteiger partial charge in [0.2, 0.25) is 0 Å². The van der Waals surface area contributed by atoms with Crippen molar-refractivity contribution in [1.29, 1.82) is 0 Å². The summed E-state index contributed by atoms with van der Waals surface area (Å²) in [7, 11) is 0. The minimum absolute atomic E-state index is 0.0346. The number of aromatic nitrogens is 3. The van der Waals surface area contributed by atoms with Crippen LogP contribution in [0.15, 0.2) is 42.7 Å². The highest BCUT2D eigenvalue weighted by Gasteiger charge is 2.34. The van der Waals surface area contributed by atoms with E-state index < -0.39 is 17.6 Å². The van der Waals surface area contributed by atoms with Crippen molar-refractivity contribution in [2.24, 2.45) is 0 Å². The van der Waals surface area contributed by atoms with E-state index in [1.165, 1.54) is 29.0 Å². The molecule has 23 heavy (non-hydrogen) atoms. The molecule has 0 unspecified atom stereocenters. The van der Waals surface area contributed by atoms with Crippen LogP contribution in [0.4, 0.5) is 18.9 Å². The predicted molar refractivity (Wildman–Crippen MR) is 77.4 cm³/mol. The molecule has 0 radical (unpaired) electrons. The number of rotatable bonds is 2. The van der Waals surface area contributed by atoms with Gasteiger partial charge in [-0.2, -0.15) is 18.3 Å². The van der Waals surface area contributed by atoms with Crippen molar-refractivity contribution in [2.75, 3.05) is 5.32 Å². The summed E-state index contributed by atoms with van der Waals surface area (Å²) in [5.41, 5.74) is -1.29. The van der Waals surface area contributed by atoms with Crippen molar-refractivity contribution in [1.82, 2.24) is 14.6 Å². The molecule has 0 aliphatic carbocycles. The maximum absolute atomic E-state index is 12.9. The zero-order valence-corrected chi connectivity index (χ0v) is 12.1. The number of hydrogen-bond donors (Lipinski definition) is 1. The molecule has 0 fully saturated rings. The number of para-hydroxylation sites is 1. The highest BCUT2D eigenvalue weighted by atomic mass is 35.5. The van der Waals surface area contributed by atoms with Gasteiger partial charge < -0.3 is 5.32 Å². The van der Waals surface area contributed by atoms with Crippen molar-refractivity contribution >= 4 is 28.8 Å². The third-order valence-electron chi connectivity index (χ3n) is 3.03. The van der Waals surface area contributed by atoms with Crippen LogP contribution in [-0.4, -0.2) is 20.5 Å². The molecule has 1 N–H and O–H groups in total. The molecular formula is C14H8ClF3N4O. The molecule has 0 spiro atoms. The molecule has 9 heteroatoms. The number of amides is 1. The molecule has 2 aromatic heterocycles. The van der Waals surface area contributed by atoms with Crippen LogP contribution in [0.5, 0.6) is 0 Å². The Balaban J connectivity index is 1.97. The molecule has 0 atom stereocenters. The number of carbonyl (C=O) groups is 1. The number of nitrogens with zero attached hydrogens (tertiary/aromatic N) is 3. The number of nitrogens with one attached hydrogen (secondary N) is 1. The molecule has 0 aliphatic rings. The van der Waals surface area contributed by atoms with E-state index in [2.05, 4.69) is 15.4 Å². The highest BCUT2D eigenvalue weighted by Crippen LogP contribution is 2.35. The van der Waals surface area contributed by atoms with Crippen LogP contribution >= 0.6 is 11.6 Å². The molecule has 0 saturated heterocycles. The number of benzene rings is 1. The summed E-state index contributed by atoms with van der Waals surface area (Å²) in [4.78, 5) is 16.2. The third kappa shape index (κ3) is 2.85. The average molecular weight is 341 g/mol. The first-order valence-corrected chi connectivity index (χ1v) is 6.72. The summed E-state index contributed by atoms with van der Waals surface area (Å²) in [6.45, 7) is 0. The van der Waals surface area contributed by atoms with Gasteiger partial charge >= 0.3 is 6.18 Å².